The summed E-state index contributed by atoms with van der Waals surface area (Å²) in [7, 11) is 0. The van der Waals surface area contributed by atoms with Crippen LogP contribution < -0.4 is 0 Å². The Morgan fingerprint density at radius 1 is 1.24 bits per heavy atom. The van der Waals surface area contributed by atoms with Crippen molar-refractivity contribution in [1.82, 2.24) is 9.80 Å². The molecule has 0 saturated heterocycles. The molecule has 0 aliphatic rings. The van der Waals surface area contributed by atoms with Gasteiger partial charge in [-0.3, -0.25) is 9.69 Å². The lowest BCUT2D eigenvalue weighted by molar-refractivity contribution is -0.132. The quantitative estimate of drug-likeness (QED) is 0.584. The molecule has 0 spiro atoms. The van der Waals surface area contributed by atoms with Crippen LogP contribution in [0.15, 0.2) is 12.7 Å². The molecule has 0 rings (SSSR count). The third-order valence-electron chi connectivity index (χ3n) is 2.50. The van der Waals surface area contributed by atoms with Crippen LogP contribution >= 0.6 is 0 Å². The Morgan fingerprint density at radius 2 is 1.82 bits per heavy atom. The van der Waals surface area contributed by atoms with Crippen molar-refractivity contribution in [2.45, 2.75) is 26.7 Å². The van der Waals surface area contributed by atoms with Crippen LogP contribution in [0.3, 0.4) is 0 Å². The van der Waals surface area contributed by atoms with E-state index in [9.17, 15) is 4.79 Å². The third-order valence-corrected chi connectivity index (χ3v) is 2.50. The first-order valence-electron chi connectivity index (χ1n) is 6.41. The first kappa shape index (κ1) is 16.1. The summed E-state index contributed by atoms with van der Waals surface area (Å²) < 4.78 is 0. The molecule has 0 aromatic heterocycles. The maximum absolute atomic E-state index is 12.1. The fourth-order valence-electron chi connectivity index (χ4n) is 1.75. The van der Waals surface area contributed by atoms with Crippen LogP contribution in [0.4, 0.5) is 0 Å². The normalized spacial score (nSPS) is 10.6. The molecule has 17 heavy (non-hydrogen) atoms. The lowest BCUT2D eigenvalue weighted by atomic mass is 10.3. The van der Waals surface area contributed by atoms with Crippen LogP contribution in [-0.2, 0) is 4.79 Å². The van der Waals surface area contributed by atoms with E-state index in [2.05, 4.69) is 20.4 Å². The van der Waals surface area contributed by atoms with E-state index in [0.717, 1.165) is 25.9 Å². The zero-order chi connectivity index (χ0) is 13.1. The molecule has 100 valence electrons. The average molecular weight is 242 g/mol. The predicted molar refractivity (Wildman–Crippen MR) is 70.9 cm³/mol. The van der Waals surface area contributed by atoms with E-state index in [-0.39, 0.29) is 12.5 Å². The maximum atomic E-state index is 12.1. The Kier molecular flexibility index (Phi) is 9.77. The molecule has 0 unspecified atom stereocenters. The van der Waals surface area contributed by atoms with E-state index >= 15 is 0 Å². The van der Waals surface area contributed by atoms with Gasteiger partial charge in [0.2, 0.25) is 5.91 Å². The predicted octanol–water partition coefficient (Wildman–Crippen LogP) is 1.12. The van der Waals surface area contributed by atoms with Gasteiger partial charge in [-0.05, 0) is 12.8 Å². The molecule has 0 radical (unpaired) electrons. The van der Waals surface area contributed by atoms with E-state index in [1.807, 2.05) is 9.80 Å². The first-order chi connectivity index (χ1) is 8.19. The van der Waals surface area contributed by atoms with Crippen LogP contribution in [0, 0.1) is 0 Å². The molecule has 1 N–H and O–H groups in total. The lowest BCUT2D eigenvalue weighted by Gasteiger charge is -2.26. The van der Waals surface area contributed by atoms with Crippen LogP contribution in [0.2, 0.25) is 0 Å². The molecule has 0 aliphatic carbocycles. The SMILES string of the molecule is C=CCN(CCO)CC(=O)N(CCC)CCC. The Bertz CT molecular complexity index is 213. The molecule has 0 aromatic carbocycles. The summed E-state index contributed by atoms with van der Waals surface area (Å²) in [6.45, 7) is 11.0. The van der Waals surface area contributed by atoms with Crippen molar-refractivity contribution in [3.8, 4) is 0 Å². The molecule has 0 aromatic rings. The molecule has 0 atom stereocenters. The number of hydrogen-bond acceptors (Lipinski definition) is 3. The zero-order valence-corrected chi connectivity index (χ0v) is 11.2. The van der Waals surface area contributed by atoms with Crippen LogP contribution in [0.5, 0.6) is 0 Å². The maximum Gasteiger partial charge on any atom is 0.236 e. The van der Waals surface area contributed by atoms with Crippen molar-refractivity contribution >= 4 is 5.91 Å². The summed E-state index contributed by atoms with van der Waals surface area (Å²) in [4.78, 5) is 15.9. The zero-order valence-electron chi connectivity index (χ0n) is 11.2. The Morgan fingerprint density at radius 3 is 2.24 bits per heavy atom. The van der Waals surface area contributed by atoms with Gasteiger partial charge in [0.05, 0.1) is 13.2 Å². The highest BCUT2D eigenvalue weighted by atomic mass is 16.3. The van der Waals surface area contributed by atoms with Crippen LogP contribution in [-0.4, -0.2) is 60.1 Å². The summed E-state index contributed by atoms with van der Waals surface area (Å²) in [5, 5.41) is 8.92. The second-order valence-corrected chi connectivity index (χ2v) is 4.13. The van der Waals surface area contributed by atoms with E-state index < -0.39 is 0 Å². The molecule has 0 saturated carbocycles. The molecule has 4 heteroatoms. The molecule has 0 aliphatic heterocycles. The highest BCUT2D eigenvalue weighted by Crippen LogP contribution is 1.98. The van der Waals surface area contributed by atoms with Gasteiger partial charge in [0.25, 0.3) is 0 Å². The largest absolute Gasteiger partial charge is 0.395 e. The molecular formula is C13H26N2O2. The minimum atomic E-state index is 0.0721. The molecule has 4 nitrogen and oxygen atoms in total. The van der Waals surface area contributed by atoms with Gasteiger partial charge < -0.3 is 10.0 Å². The summed E-state index contributed by atoms with van der Waals surface area (Å²) in [6.07, 6.45) is 3.72. The minimum absolute atomic E-state index is 0.0721. The van der Waals surface area contributed by atoms with Crippen molar-refractivity contribution in [1.29, 1.82) is 0 Å². The third kappa shape index (κ3) is 7.13. The highest BCUT2D eigenvalue weighted by Gasteiger charge is 2.15. The first-order valence-corrected chi connectivity index (χ1v) is 6.41. The lowest BCUT2D eigenvalue weighted by Crippen LogP contribution is -2.42. The molecule has 0 heterocycles. The van der Waals surface area contributed by atoms with E-state index in [1.165, 1.54) is 0 Å². The highest BCUT2D eigenvalue weighted by molar-refractivity contribution is 5.78. The number of hydrogen-bond donors (Lipinski definition) is 1. The van der Waals surface area contributed by atoms with Gasteiger partial charge in [-0.2, -0.15) is 0 Å². The summed E-state index contributed by atoms with van der Waals surface area (Å²) in [5.41, 5.74) is 0. The average Bonchev–Trinajstić information content (AvgIpc) is 2.29. The Labute approximate surface area is 105 Å². The molecular weight excluding hydrogens is 216 g/mol. The van der Waals surface area contributed by atoms with Crippen LogP contribution in [0.1, 0.15) is 26.7 Å². The van der Waals surface area contributed by atoms with Crippen molar-refractivity contribution in [2.75, 3.05) is 39.3 Å². The molecule has 0 fully saturated rings. The second kappa shape index (κ2) is 10.3. The van der Waals surface area contributed by atoms with E-state index in [1.54, 1.807) is 6.08 Å². The molecule has 1 amide bonds. The summed E-state index contributed by atoms with van der Waals surface area (Å²) >= 11 is 0. The van der Waals surface area contributed by atoms with Gasteiger partial charge in [0, 0.05) is 26.2 Å². The van der Waals surface area contributed by atoms with Gasteiger partial charge in [-0.1, -0.05) is 19.9 Å². The molecule has 0 bridgehead atoms. The van der Waals surface area contributed by atoms with Crippen LogP contribution in [0.25, 0.3) is 0 Å². The smallest absolute Gasteiger partial charge is 0.236 e. The van der Waals surface area contributed by atoms with Gasteiger partial charge in [0.1, 0.15) is 0 Å². The number of rotatable bonds is 10. The van der Waals surface area contributed by atoms with Gasteiger partial charge in [-0.15, -0.1) is 6.58 Å². The van der Waals surface area contributed by atoms with Crippen molar-refractivity contribution < 1.29 is 9.90 Å². The fraction of sp³-hybridized carbons (Fsp3) is 0.769. The number of aliphatic hydroxyl groups is 1. The number of carbonyl (C=O) groups is 1. The monoisotopic (exact) mass is 242 g/mol. The van der Waals surface area contributed by atoms with Gasteiger partial charge in [0.15, 0.2) is 0 Å². The summed E-state index contributed by atoms with van der Waals surface area (Å²) in [5.74, 6) is 0.143. The van der Waals surface area contributed by atoms with E-state index in [0.29, 0.717) is 19.6 Å². The van der Waals surface area contributed by atoms with Crippen molar-refractivity contribution in [2.24, 2.45) is 0 Å². The number of carbonyl (C=O) groups excluding carboxylic acids is 1. The second-order valence-electron chi connectivity index (χ2n) is 4.13. The number of aliphatic hydroxyl groups excluding tert-OH is 1. The standard InChI is InChI=1S/C13H26N2O2/c1-4-7-14(10-11-16)12-13(17)15(8-5-2)9-6-3/h4,16H,1,5-12H2,2-3H3. The topological polar surface area (TPSA) is 43.8 Å². The summed E-state index contributed by atoms with van der Waals surface area (Å²) in [6, 6.07) is 0. The minimum Gasteiger partial charge on any atom is -0.395 e. The van der Waals surface area contributed by atoms with Gasteiger partial charge in [-0.25, -0.2) is 0 Å². The number of nitrogens with zero attached hydrogens (tertiary/aromatic N) is 2. The Hall–Kier alpha value is -0.870. The van der Waals surface area contributed by atoms with Gasteiger partial charge >= 0.3 is 0 Å². The Balaban J connectivity index is 4.27. The fourth-order valence-corrected chi connectivity index (χ4v) is 1.75. The van der Waals surface area contributed by atoms with Crippen molar-refractivity contribution in [3.63, 3.8) is 0 Å². The van der Waals surface area contributed by atoms with E-state index in [4.69, 9.17) is 5.11 Å². The van der Waals surface area contributed by atoms with Crippen molar-refractivity contribution in [3.05, 3.63) is 12.7 Å². The number of amides is 1.